The zero-order valence-electron chi connectivity index (χ0n) is 27.6. The number of benzene rings is 4. The Balaban J connectivity index is 0.000000610. The van der Waals surface area contributed by atoms with E-state index >= 15 is 0 Å². The van der Waals surface area contributed by atoms with Crippen molar-refractivity contribution in [2.24, 2.45) is 0 Å². The predicted octanol–water partition coefficient (Wildman–Crippen LogP) is 12.8. The Kier molecular flexibility index (Phi) is 28.7. The Hall–Kier alpha value is -2.22. The summed E-state index contributed by atoms with van der Waals surface area (Å²) in [7, 11) is 0. The van der Waals surface area contributed by atoms with E-state index in [0.29, 0.717) is 0 Å². The van der Waals surface area contributed by atoms with E-state index in [9.17, 15) is 0 Å². The number of hydrogen-bond acceptors (Lipinski definition) is 0. The Morgan fingerprint density at radius 3 is 1.15 bits per heavy atom. The van der Waals surface area contributed by atoms with Gasteiger partial charge in [-0.25, -0.2) is 0 Å². The van der Waals surface area contributed by atoms with Gasteiger partial charge in [-0.1, -0.05) is 77.3 Å². The molecule has 0 nitrogen and oxygen atoms in total. The van der Waals surface area contributed by atoms with Crippen molar-refractivity contribution in [2.45, 2.75) is 78.1 Å². The van der Waals surface area contributed by atoms with E-state index in [4.69, 9.17) is 0 Å². The molecule has 0 saturated heterocycles. The Labute approximate surface area is 309 Å². The molecule has 0 saturated carbocycles. The Morgan fingerprint density at radius 2 is 0.870 bits per heavy atom. The maximum atomic E-state index is 3.06. The molecule has 0 spiro atoms. The van der Waals surface area contributed by atoms with Gasteiger partial charge < -0.3 is 0 Å². The van der Waals surface area contributed by atoms with Gasteiger partial charge in [0.2, 0.25) is 0 Å². The Morgan fingerprint density at radius 1 is 0.500 bits per heavy atom. The van der Waals surface area contributed by atoms with Crippen molar-refractivity contribution >= 4 is 53.2 Å². The number of aryl methyl sites for hydroxylation is 2. The first-order valence-electron chi connectivity index (χ1n) is 16.2. The molecule has 6 aromatic carbocycles. The molecule has 0 fully saturated rings. The Bertz CT molecular complexity index is 1240. The minimum Gasteiger partial charge on any atom is -0.184 e. The minimum absolute atomic E-state index is 0. The smallest absolute Gasteiger partial charge is 0.171 e. The van der Waals surface area contributed by atoms with Crippen LogP contribution in [-0.4, -0.2) is 6.88 Å². The van der Waals surface area contributed by atoms with Gasteiger partial charge in [-0.15, -0.1) is 106 Å². The molecule has 0 aliphatic heterocycles. The van der Waals surface area contributed by atoms with Crippen LogP contribution in [0.2, 0.25) is 0 Å². The number of unbranched alkanes of at least 4 members (excludes halogenated alkanes) is 6. The number of rotatable bonds is 10. The second kappa shape index (κ2) is 30.1. The third-order valence-electron chi connectivity index (χ3n) is 7.21. The van der Waals surface area contributed by atoms with Crippen molar-refractivity contribution in [3.63, 3.8) is 0 Å². The van der Waals surface area contributed by atoms with Crippen molar-refractivity contribution in [1.82, 2.24) is 0 Å². The van der Waals surface area contributed by atoms with E-state index in [-0.39, 0.29) is 24.8 Å². The molecule has 4 heteroatoms. The van der Waals surface area contributed by atoms with E-state index in [0.717, 1.165) is 0 Å². The minimum atomic E-state index is 0. The van der Waals surface area contributed by atoms with Crippen LogP contribution in [0.5, 0.6) is 0 Å². The number of hydrogen-bond donors (Lipinski definition) is 0. The topological polar surface area (TPSA) is 0 Å². The normalized spacial score (nSPS) is 9.33. The van der Waals surface area contributed by atoms with E-state index < -0.39 is 0 Å². The standard InChI is InChI=1S/2C15H19.2C6H5.2ClH.Si.Zr/c2*1-2-3-4-5-8-13-11-14-9-6-7-10-15(14)12-13;2*1-2-4-6-5-3-1;;;;/h2*6-7,9-12H,2-5,8H2,1H3;2*1-5H;2*1H;;/q4*-1;;;;. The van der Waals surface area contributed by atoms with Gasteiger partial charge in [0.05, 0.1) is 0 Å². The van der Waals surface area contributed by atoms with E-state index in [1.807, 2.05) is 60.7 Å². The number of fused-ring (bicyclic) bond motifs is 2. The second-order valence-corrected chi connectivity index (χ2v) is 10.8. The molecule has 0 bridgehead atoms. The average Bonchev–Trinajstić information content (AvgIpc) is 3.72. The summed E-state index contributed by atoms with van der Waals surface area (Å²) < 4.78 is 0. The van der Waals surface area contributed by atoms with E-state index in [1.165, 1.54) is 120 Å². The fraction of sp³-hybridized carbons (Fsp3) is 0.286. The molecule has 0 aromatic heterocycles. The van der Waals surface area contributed by atoms with Gasteiger partial charge in [-0.3, -0.25) is 0 Å². The summed E-state index contributed by atoms with van der Waals surface area (Å²) >= 11 is 1.36. The van der Waals surface area contributed by atoms with Crippen LogP contribution in [0.15, 0.2) is 133 Å². The van der Waals surface area contributed by atoms with Crippen LogP contribution >= 0.6 is 24.8 Å². The first kappa shape index (κ1) is 43.8. The monoisotopic (exact) mass is 742 g/mol. The summed E-state index contributed by atoms with van der Waals surface area (Å²) in [6, 6.07) is 51.6. The SMILES string of the molecule is CCCCCCc1cc2ccccc2[cH-]1.CCCCCCc1cc2ccccc2[cH-]1.Cl.Cl.[Si]=[Zr].[c-]1ccccc1.[c-]1ccccc1. The van der Waals surface area contributed by atoms with Gasteiger partial charge in [0, 0.05) is 0 Å². The molecule has 244 valence electrons. The van der Waals surface area contributed by atoms with Crippen molar-refractivity contribution < 1.29 is 23.3 Å². The van der Waals surface area contributed by atoms with E-state index in [2.05, 4.69) is 106 Å². The van der Waals surface area contributed by atoms with E-state index in [1.54, 1.807) is 0 Å². The predicted molar refractivity (Wildman–Crippen MR) is 206 cm³/mol. The summed E-state index contributed by atoms with van der Waals surface area (Å²) in [5, 5.41) is 5.57. The van der Waals surface area contributed by atoms with Gasteiger partial charge in [-0.05, 0) is 12.8 Å². The maximum Gasteiger partial charge on any atom is -0.171 e. The zero-order valence-corrected chi connectivity index (χ0v) is 32.7. The third kappa shape index (κ3) is 19.4. The van der Waals surface area contributed by atoms with Gasteiger partial charge in [0.1, 0.15) is 0 Å². The molecule has 46 heavy (non-hydrogen) atoms. The fourth-order valence-electron chi connectivity index (χ4n) is 4.91. The van der Waals surface area contributed by atoms with Crippen molar-refractivity contribution in [2.75, 3.05) is 0 Å². The molecular weight excluding hydrogens is 695 g/mol. The summed E-state index contributed by atoms with van der Waals surface area (Å²) in [5.74, 6) is 0. The number of halogens is 2. The van der Waals surface area contributed by atoms with Crippen LogP contribution in [0.4, 0.5) is 0 Å². The maximum absolute atomic E-state index is 3.06. The average molecular weight is 745 g/mol. The first-order valence-corrected chi connectivity index (χ1v) is 20.3. The van der Waals surface area contributed by atoms with Crippen LogP contribution in [0.1, 0.15) is 76.3 Å². The fourth-order valence-corrected chi connectivity index (χ4v) is 4.91. The molecule has 0 atom stereocenters. The molecule has 0 aliphatic rings. The molecule has 0 aliphatic carbocycles. The molecule has 0 N–H and O–H groups in total. The third-order valence-corrected chi connectivity index (χ3v) is 7.21. The molecule has 0 unspecified atom stereocenters. The second-order valence-electron chi connectivity index (χ2n) is 10.8. The summed E-state index contributed by atoms with van der Waals surface area (Å²) in [6.45, 7) is 7.58. The van der Waals surface area contributed by atoms with Crippen LogP contribution in [0.3, 0.4) is 0 Å². The summed E-state index contributed by atoms with van der Waals surface area (Å²) in [4.78, 5) is 0. The largest absolute Gasteiger partial charge is 0.184 e. The molecule has 0 heterocycles. The van der Waals surface area contributed by atoms with Crippen molar-refractivity contribution in [3.8, 4) is 0 Å². The zero-order chi connectivity index (χ0) is 31.5. The first-order chi connectivity index (χ1) is 21.8. The van der Waals surface area contributed by atoms with Crippen LogP contribution in [0, 0.1) is 12.1 Å². The van der Waals surface area contributed by atoms with Gasteiger partial charge in [0.15, 0.2) is 0 Å². The van der Waals surface area contributed by atoms with Crippen LogP contribution < -0.4 is 0 Å². The molecule has 6 aromatic rings. The molecule has 2 radical (unpaired) electrons. The van der Waals surface area contributed by atoms with Gasteiger partial charge >= 0.3 is 30.2 Å². The molecule has 6 rings (SSSR count). The van der Waals surface area contributed by atoms with Crippen molar-refractivity contribution in [1.29, 1.82) is 0 Å². The summed E-state index contributed by atoms with van der Waals surface area (Å²) in [5.41, 5.74) is 3.01. The van der Waals surface area contributed by atoms with Crippen molar-refractivity contribution in [3.05, 3.63) is 157 Å². The van der Waals surface area contributed by atoms with Crippen LogP contribution in [0.25, 0.3) is 21.5 Å². The summed E-state index contributed by atoms with van der Waals surface area (Å²) in [6.07, 6.45) is 13.3. The quantitative estimate of drug-likeness (QED) is 0.0744. The van der Waals surface area contributed by atoms with Gasteiger partial charge in [0.25, 0.3) is 0 Å². The van der Waals surface area contributed by atoms with Crippen LogP contribution in [-0.2, 0) is 36.2 Å². The molecule has 0 amide bonds. The molecular formula is C42H50Cl2SiZr-4. The van der Waals surface area contributed by atoms with Gasteiger partial charge in [-0.2, -0.15) is 84.9 Å².